The van der Waals surface area contributed by atoms with E-state index in [1.54, 1.807) is 12.1 Å². The van der Waals surface area contributed by atoms with Crippen LogP contribution < -0.4 is 10.6 Å². The van der Waals surface area contributed by atoms with Crippen molar-refractivity contribution in [1.29, 1.82) is 0 Å². The van der Waals surface area contributed by atoms with E-state index in [4.69, 9.17) is 4.42 Å². The molecule has 2 fully saturated rings. The van der Waals surface area contributed by atoms with E-state index in [2.05, 4.69) is 20.8 Å². The molecule has 0 radical (unpaired) electrons. The topological polar surface area (TPSA) is 116 Å². The molecule has 34 heavy (non-hydrogen) atoms. The Kier molecular flexibility index (Phi) is 6.97. The number of furan rings is 1. The SMILES string of the molecule is O=C1CS/C(=N/N=C2/SC(CC(=O)Nc3cccc(C(F)(F)F)c3)C(=O)N2Cc2ccco2)N1. The molecule has 1 atom stereocenters. The summed E-state index contributed by atoms with van der Waals surface area (Å²) in [4.78, 5) is 38.1. The van der Waals surface area contributed by atoms with Crippen molar-refractivity contribution in [3.8, 4) is 0 Å². The number of hydrogen-bond donors (Lipinski definition) is 2. The molecular formula is C20H16F3N5O4S2. The van der Waals surface area contributed by atoms with Gasteiger partial charge in [-0.3, -0.25) is 19.3 Å². The third-order valence-corrected chi connectivity index (χ3v) is 6.60. The lowest BCUT2D eigenvalue weighted by atomic mass is 10.2. The van der Waals surface area contributed by atoms with Crippen LogP contribution in [0.25, 0.3) is 0 Å². The first-order valence-corrected chi connectivity index (χ1v) is 11.6. The summed E-state index contributed by atoms with van der Waals surface area (Å²) < 4.78 is 44.0. The van der Waals surface area contributed by atoms with Crippen LogP contribution in [0.2, 0.25) is 0 Å². The van der Waals surface area contributed by atoms with Crippen LogP contribution >= 0.6 is 23.5 Å². The molecule has 1 aromatic carbocycles. The smallest absolute Gasteiger partial charge is 0.416 e. The summed E-state index contributed by atoms with van der Waals surface area (Å²) in [7, 11) is 0. The number of anilines is 1. The summed E-state index contributed by atoms with van der Waals surface area (Å²) in [5, 5.41) is 12.6. The molecule has 2 saturated heterocycles. The maximum absolute atomic E-state index is 13.0. The zero-order chi connectivity index (χ0) is 24.3. The van der Waals surface area contributed by atoms with E-state index in [1.165, 1.54) is 23.3 Å². The molecule has 1 unspecified atom stereocenters. The van der Waals surface area contributed by atoms with E-state index in [1.807, 2.05) is 0 Å². The molecule has 3 heterocycles. The highest BCUT2D eigenvalue weighted by Gasteiger charge is 2.40. The maximum atomic E-state index is 13.0. The minimum absolute atomic E-state index is 0.0306. The van der Waals surface area contributed by atoms with Gasteiger partial charge in [0.2, 0.25) is 17.7 Å². The molecule has 2 N–H and O–H groups in total. The summed E-state index contributed by atoms with van der Waals surface area (Å²) in [6, 6.07) is 7.56. The first-order valence-electron chi connectivity index (χ1n) is 9.75. The Labute approximate surface area is 199 Å². The van der Waals surface area contributed by atoms with Crippen molar-refractivity contribution < 1.29 is 32.0 Å². The van der Waals surface area contributed by atoms with Crippen molar-refractivity contribution in [3.63, 3.8) is 0 Å². The minimum atomic E-state index is -4.55. The summed E-state index contributed by atoms with van der Waals surface area (Å²) in [5.74, 6) is -0.580. The summed E-state index contributed by atoms with van der Waals surface area (Å²) in [5.41, 5.74) is -0.927. The van der Waals surface area contributed by atoms with Gasteiger partial charge < -0.3 is 15.1 Å². The third-order valence-electron chi connectivity index (χ3n) is 4.57. The number of rotatable bonds is 6. The highest BCUT2D eigenvalue weighted by Crippen LogP contribution is 2.33. The Morgan fingerprint density at radius 3 is 2.74 bits per heavy atom. The molecule has 2 aliphatic heterocycles. The van der Waals surface area contributed by atoms with Gasteiger partial charge in [-0.05, 0) is 30.3 Å². The van der Waals surface area contributed by atoms with Gasteiger partial charge in [0.25, 0.3) is 0 Å². The molecule has 0 spiro atoms. The minimum Gasteiger partial charge on any atom is -0.467 e. The summed E-state index contributed by atoms with van der Waals surface area (Å²) in [6.45, 7) is 0.0494. The van der Waals surface area contributed by atoms with Gasteiger partial charge in [0.05, 0.1) is 24.1 Å². The Hall–Kier alpha value is -3.26. The maximum Gasteiger partial charge on any atom is 0.416 e. The van der Waals surface area contributed by atoms with Crippen LogP contribution in [0.15, 0.2) is 57.3 Å². The fourth-order valence-electron chi connectivity index (χ4n) is 3.04. The monoisotopic (exact) mass is 511 g/mol. The van der Waals surface area contributed by atoms with E-state index in [0.717, 1.165) is 35.7 Å². The molecule has 0 bridgehead atoms. The Morgan fingerprint density at radius 2 is 2.06 bits per heavy atom. The lowest BCUT2D eigenvalue weighted by molar-refractivity contribution is -0.137. The van der Waals surface area contributed by atoms with Crippen molar-refractivity contribution in [3.05, 3.63) is 54.0 Å². The second-order valence-corrected chi connectivity index (χ2v) is 9.20. The van der Waals surface area contributed by atoms with Gasteiger partial charge in [-0.2, -0.15) is 13.2 Å². The van der Waals surface area contributed by atoms with Crippen LogP contribution in [0.5, 0.6) is 0 Å². The zero-order valence-electron chi connectivity index (χ0n) is 17.2. The number of alkyl halides is 3. The normalized spacial score (nSPS) is 20.9. The van der Waals surface area contributed by atoms with Gasteiger partial charge in [-0.15, -0.1) is 10.2 Å². The second-order valence-electron chi connectivity index (χ2n) is 7.07. The van der Waals surface area contributed by atoms with E-state index in [9.17, 15) is 27.6 Å². The molecule has 2 aliphatic rings. The molecule has 0 aliphatic carbocycles. The number of amides is 3. The van der Waals surface area contributed by atoms with Crippen LogP contribution in [-0.2, 0) is 27.1 Å². The van der Waals surface area contributed by atoms with Crippen molar-refractivity contribution in [2.24, 2.45) is 10.2 Å². The second kappa shape index (κ2) is 9.93. The average Bonchev–Trinajstić information content (AvgIpc) is 3.50. The Bertz CT molecular complexity index is 1170. The quantitative estimate of drug-likeness (QED) is 0.575. The standard InChI is InChI=1S/C20H16F3N5O4S2/c21-20(22,23)11-3-1-4-12(7-11)24-15(29)8-14-17(31)28(9-13-5-2-6-32-13)19(34-14)27-26-18-25-16(30)10-33-18/h1-7,14H,8-10H2,(H,24,29)(H,25,26,30)/b27-19+. The first kappa shape index (κ1) is 23.9. The number of carbonyl (C=O) groups is 3. The summed E-state index contributed by atoms with van der Waals surface area (Å²) >= 11 is 2.16. The number of amidine groups is 2. The third kappa shape index (κ3) is 5.80. The average molecular weight is 512 g/mol. The predicted molar refractivity (Wildman–Crippen MR) is 121 cm³/mol. The van der Waals surface area contributed by atoms with Gasteiger partial charge >= 0.3 is 6.18 Å². The Morgan fingerprint density at radius 1 is 1.24 bits per heavy atom. The number of benzene rings is 1. The number of halogens is 3. The number of hydrogen-bond acceptors (Lipinski definition) is 8. The molecule has 0 saturated carbocycles. The molecule has 1 aromatic heterocycles. The number of nitrogens with one attached hydrogen (secondary N) is 2. The zero-order valence-corrected chi connectivity index (χ0v) is 18.8. The van der Waals surface area contributed by atoms with E-state index in [-0.39, 0.29) is 40.6 Å². The van der Waals surface area contributed by atoms with Crippen LogP contribution in [0.4, 0.5) is 18.9 Å². The van der Waals surface area contributed by atoms with Crippen molar-refractivity contribution in [1.82, 2.24) is 10.2 Å². The fourth-order valence-corrected chi connectivity index (χ4v) is 4.75. The van der Waals surface area contributed by atoms with E-state index < -0.39 is 28.8 Å². The van der Waals surface area contributed by atoms with Gasteiger partial charge in [-0.1, -0.05) is 29.6 Å². The van der Waals surface area contributed by atoms with E-state index in [0.29, 0.717) is 5.76 Å². The van der Waals surface area contributed by atoms with Crippen LogP contribution in [0.1, 0.15) is 17.7 Å². The Balaban J connectivity index is 1.47. The van der Waals surface area contributed by atoms with E-state index >= 15 is 0 Å². The number of thioether (sulfide) groups is 2. The first-order chi connectivity index (χ1) is 16.2. The highest BCUT2D eigenvalue weighted by molar-refractivity contribution is 8.15. The number of nitrogens with zero attached hydrogens (tertiary/aromatic N) is 3. The van der Waals surface area contributed by atoms with Crippen molar-refractivity contribution >= 4 is 57.3 Å². The fraction of sp³-hybridized carbons (Fsp3) is 0.250. The molecule has 178 valence electrons. The van der Waals surface area contributed by atoms with Gasteiger partial charge in [-0.25, -0.2) is 0 Å². The molecule has 4 rings (SSSR count). The van der Waals surface area contributed by atoms with Gasteiger partial charge in [0, 0.05) is 12.1 Å². The van der Waals surface area contributed by atoms with Crippen LogP contribution in [0.3, 0.4) is 0 Å². The molecular weight excluding hydrogens is 495 g/mol. The van der Waals surface area contributed by atoms with Crippen LogP contribution in [-0.4, -0.2) is 44.0 Å². The van der Waals surface area contributed by atoms with Gasteiger partial charge in [0.1, 0.15) is 11.0 Å². The highest BCUT2D eigenvalue weighted by atomic mass is 32.2. The largest absolute Gasteiger partial charge is 0.467 e. The lowest BCUT2D eigenvalue weighted by Crippen LogP contribution is -2.33. The molecule has 9 nitrogen and oxygen atoms in total. The molecule has 2 aromatic rings. The van der Waals surface area contributed by atoms with Gasteiger partial charge in [0.15, 0.2) is 10.3 Å². The van der Waals surface area contributed by atoms with Crippen molar-refractivity contribution in [2.45, 2.75) is 24.4 Å². The summed E-state index contributed by atoms with van der Waals surface area (Å²) in [6.07, 6.45) is -3.39. The van der Waals surface area contributed by atoms with Crippen molar-refractivity contribution in [2.75, 3.05) is 11.1 Å². The lowest BCUT2D eigenvalue weighted by Gasteiger charge is -2.14. The number of carbonyl (C=O) groups excluding carboxylic acids is 3. The van der Waals surface area contributed by atoms with Crippen LogP contribution in [0, 0.1) is 0 Å². The predicted octanol–water partition coefficient (Wildman–Crippen LogP) is 3.26. The molecule has 3 amide bonds. The molecule has 14 heteroatoms.